The molecule has 1 amide bonds. The molecule has 2 rings (SSSR count). The fourth-order valence-electron chi connectivity index (χ4n) is 2.64. The Labute approximate surface area is 142 Å². The van der Waals surface area contributed by atoms with Crippen molar-refractivity contribution in [2.45, 2.75) is 38.6 Å². The molecule has 0 unspecified atom stereocenters. The second kappa shape index (κ2) is 7.55. The fourth-order valence-corrected chi connectivity index (χ4v) is 3.10. The third-order valence-corrected chi connectivity index (χ3v) is 4.50. The molecule has 3 nitrogen and oxygen atoms in total. The molecule has 0 aliphatic carbocycles. The minimum Gasteiger partial charge on any atom is -0.374 e. The van der Waals surface area contributed by atoms with E-state index in [0.717, 1.165) is 22.5 Å². The molecule has 0 saturated heterocycles. The average molecular weight is 328 g/mol. The summed E-state index contributed by atoms with van der Waals surface area (Å²) in [6, 6.07) is 11.9. The first kappa shape index (κ1) is 17.4. The number of amides is 1. The smallest absolute Gasteiger partial charge is 0.246 e. The third kappa shape index (κ3) is 4.52. The van der Waals surface area contributed by atoms with Gasteiger partial charge in [-0.3, -0.25) is 4.79 Å². The minimum absolute atomic E-state index is 0.0328. The molecular weight excluding hydrogens is 304 g/mol. The molecule has 122 valence electrons. The van der Waals surface area contributed by atoms with Crippen LogP contribution in [0.25, 0.3) is 0 Å². The van der Waals surface area contributed by atoms with Crippen molar-refractivity contribution < 1.29 is 4.79 Å². The fraction of sp³-hybridized carbons (Fsp3) is 0.316. The number of hydrogen-bond acceptors (Lipinski definition) is 3. The van der Waals surface area contributed by atoms with Gasteiger partial charge in [0.05, 0.1) is 0 Å². The molecule has 0 spiro atoms. The molecule has 0 saturated carbocycles. The number of rotatable bonds is 5. The van der Waals surface area contributed by atoms with Crippen molar-refractivity contribution in [2.75, 3.05) is 16.9 Å². The van der Waals surface area contributed by atoms with Crippen molar-refractivity contribution in [3.8, 4) is 0 Å². The van der Waals surface area contributed by atoms with Crippen LogP contribution in [0.5, 0.6) is 0 Å². The lowest BCUT2D eigenvalue weighted by Gasteiger charge is -2.18. The predicted molar refractivity (Wildman–Crippen MR) is 101 cm³/mol. The maximum absolute atomic E-state index is 12.5. The van der Waals surface area contributed by atoms with E-state index >= 15 is 0 Å². The maximum atomic E-state index is 12.5. The molecule has 2 aromatic carbocycles. The first-order valence-electron chi connectivity index (χ1n) is 7.70. The highest BCUT2D eigenvalue weighted by atomic mass is 32.2. The standard InChI is InChI=1S/C19H24N2OS/c1-12-9-13(2)18(14(3)10-12)21-19(22)15(4)20-16-7-6-8-17(11-16)23-5/h6-11,15,20H,1-5H3,(H,21,22)/t15-/m1/s1. The Morgan fingerprint density at radius 1 is 1.09 bits per heavy atom. The number of benzene rings is 2. The quantitative estimate of drug-likeness (QED) is 0.777. The lowest BCUT2D eigenvalue weighted by Crippen LogP contribution is -2.32. The van der Waals surface area contributed by atoms with E-state index in [1.165, 1.54) is 10.5 Å². The van der Waals surface area contributed by atoms with Gasteiger partial charge in [0.2, 0.25) is 5.91 Å². The van der Waals surface area contributed by atoms with Crippen LogP contribution in [-0.4, -0.2) is 18.2 Å². The normalized spacial score (nSPS) is 11.9. The molecule has 23 heavy (non-hydrogen) atoms. The Morgan fingerprint density at radius 3 is 2.35 bits per heavy atom. The van der Waals surface area contributed by atoms with E-state index in [4.69, 9.17) is 0 Å². The van der Waals surface area contributed by atoms with Gasteiger partial charge in [0.1, 0.15) is 6.04 Å². The van der Waals surface area contributed by atoms with Crippen LogP contribution in [0.15, 0.2) is 41.3 Å². The molecule has 2 aromatic rings. The first-order valence-corrected chi connectivity index (χ1v) is 8.92. The molecule has 0 heterocycles. The highest BCUT2D eigenvalue weighted by Crippen LogP contribution is 2.23. The van der Waals surface area contributed by atoms with Gasteiger partial charge in [-0.1, -0.05) is 23.8 Å². The van der Waals surface area contributed by atoms with Gasteiger partial charge in [0.15, 0.2) is 0 Å². The van der Waals surface area contributed by atoms with E-state index in [2.05, 4.69) is 41.8 Å². The summed E-state index contributed by atoms with van der Waals surface area (Å²) < 4.78 is 0. The molecule has 0 fully saturated rings. The highest BCUT2D eigenvalue weighted by Gasteiger charge is 2.15. The van der Waals surface area contributed by atoms with Gasteiger partial charge in [-0.05, 0) is 63.3 Å². The summed E-state index contributed by atoms with van der Waals surface area (Å²) in [6.45, 7) is 7.99. The zero-order valence-electron chi connectivity index (χ0n) is 14.4. The van der Waals surface area contributed by atoms with Gasteiger partial charge in [-0.15, -0.1) is 11.8 Å². The van der Waals surface area contributed by atoms with Crippen molar-refractivity contribution in [3.63, 3.8) is 0 Å². The van der Waals surface area contributed by atoms with E-state index in [1.807, 2.05) is 39.2 Å². The molecule has 2 N–H and O–H groups in total. The van der Waals surface area contributed by atoms with Crippen molar-refractivity contribution in [3.05, 3.63) is 53.1 Å². The Balaban J connectivity index is 2.08. The SMILES string of the molecule is CSc1cccc(N[C@H](C)C(=O)Nc2c(C)cc(C)cc2C)c1. The number of nitrogens with one attached hydrogen (secondary N) is 2. The highest BCUT2D eigenvalue weighted by molar-refractivity contribution is 7.98. The van der Waals surface area contributed by atoms with Crippen molar-refractivity contribution in [2.24, 2.45) is 0 Å². The Bertz CT molecular complexity index is 689. The summed E-state index contributed by atoms with van der Waals surface area (Å²) >= 11 is 1.69. The number of carbonyl (C=O) groups is 1. The predicted octanol–water partition coefficient (Wildman–Crippen LogP) is 4.77. The van der Waals surface area contributed by atoms with Crippen molar-refractivity contribution >= 4 is 29.0 Å². The molecule has 0 aromatic heterocycles. The number of carbonyl (C=O) groups excluding carboxylic acids is 1. The van der Waals surface area contributed by atoms with Crippen molar-refractivity contribution in [1.29, 1.82) is 0 Å². The zero-order chi connectivity index (χ0) is 17.0. The van der Waals surface area contributed by atoms with Gasteiger partial charge in [0, 0.05) is 16.3 Å². The number of aryl methyl sites for hydroxylation is 3. The third-order valence-electron chi connectivity index (χ3n) is 3.77. The summed E-state index contributed by atoms with van der Waals surface area (Å²) in [5.41, 5.74) is 5.25. The summed E-state index contributed by atoms with van der Waals surface area (Å²) in [4.78, 5) is 13.7. The summed E-state index contributed by atoms with van der Waals surface area (Å²) in [6.07, 6.45) is 2.04. The van der Waals surface area contributed by atoms with Crippen molar-refractivity contribution in [1.82, 2.24) is 0 Å². The van der Waals surface area contributed by atoms with Crippen LogP contribution in [0.3, 0.4) is 0 Å². The topological polar surface area (TPSA) is 41.1 Å². The summed E-state index contributed by atoms with van der Waals surface area (Å²) in [5.74, 6) is -0.0328. The molecule has 1 atom stereocenters. The number of thioether (sulfide) groups is 1. The van der Waals surface area contributed by atoms with E-state index in [-0.39, 0.29) is 11.9 Å². The second-order valence-corrected chi connectivity index (χ2v) is 6.74. The monoisotopic (exact) mass is 328 g/mol. The van der Waals surface area contributed by atoms with E-state index < -0.39 is 0 Å². The van der Waals surface area contributed by atoms with Crippen LogP contribution in [0.4, 0.5) is 11.4 Å². The lowest BCUT2D eigenvalue weighted by atomic mass is 10.0. The molecule has 0 bridgehead atoms. The molecule has 4 heteroatoms. The van der Waals surface area contributed by atoms with Crippen LogP contribution in [0.1, 0.15) is 23.6 Å². The van der Waals surface area contributed by atoms with Crippen LogP contribution < -0.4 is 10.6 Å². The molecule has 0 radical (unpaired) electrons. The van der Waals surface area contributed by atoms with E-state index in [0.29, 0.717) is 0 Å². The zero-order valence-corrected chi connectivity index (χ0v) is 15.2. The van der Waals surface area contributed by atoms with Gasteiger partial charge in [0.25, 0.3) is 0 Å². The van der Waals surface area contributed by atoms with E-state index in [9.17, 15) is 4.79 Å². The van der Waals surface area contributed by atoms with Gasteiger partial charge in [-0.25, -0.2) is 0 Å². The maximum Gasteiger partial charge on any atom is 0.246 e. The lowest BCUT2D eigenvalue weighted by molar-refractivity contribution is -0.116. The number of hydrogen-bond donors (Lipinski definition) is 2. The van der Waals surface area contributed by atoms with Crippen LogP contribution in [0, 0.1) is 20.8 Å². The van der Waals surface area contributed by atoms with E-state index in [1.54, 1.807) is 11.8 Å². The second-order valence-electron chi connectivity index (χ2n) is 5.86. The Kier molecular flexibility index (Phi) is 5.72. The Hall–Kier alpha value is -1.94. The minimum atomic E-state index is -0.313. The molecule has 0 aliphatic rings. The van der Waals surface area contributed by atoms with Crippen LogP contribution in [-0.2, 0) is 4.79 Å². The summed E-state index contributed by atoms with van der Waals surface area (Å²) in [7, 11) is 0. The van der Waals surface area contributed by atoms with Gasteiger partial charge >= 0.3 is 0 Å². The summed E-state index contributed by atoms with van der Waals surface area (Å²) in [5, 5.41) is 6.31. The van der Waals surface area contributed by atoms with Crippen LogP contribution in [0.2, 0.25) is 0 Å². The van der Waals surface area contributed by atoms with Gasteiger partial charge in [-0.2, -0.15) is 0 Å². The largest absolute Gasteiger partial charge is 0.374 e. The molecule has 0 aliphatic heterocycles. The van der Waals surface area contributed by atoms with Gasteiger partial charge < -0.3 is 10.6 Å². The average Bonchev–Trinajstić information content (AvgIpc) is 2.50. The van der Waals surface area contributed by atoms with Crippen LogP contribution >= 0.6 is 11.8 Å². The first-order chi connectivity index (χ1) is 10.9. The number of anilines is 2. The Morgan fingerprint density at radius 2 is 1.74 bits per heavy atom. The molecular formula is C19H24N2OS.